The minimum Gasteiger partial charge on any atom is -0.493 e. The maximum atomic E-state index is 11.9. The Balaban J connectivity index is 1.48. The highest BCUT2D eigenvalue weighted by atomic mass is 32.2. The molecular formula is C28H31N5O8S2. The molecule has 0 unspecified atom stereocenters. The van der Waals surface area contributed by atoms with E-state index < -0.39 is 25.9 Å². The maximum Gasteiger partial charge on any atom is 0.272 e. The van der Waals surface area contributed by atoms with Crippen LogP contribution in [0.5, 0.6) is 23.0 Å². The predicted octanol–water partition coefficient (Wildman–Crippen LogP) is 4.07. The van der Waals surface area contributed by atoms with E-state index in [1.165, 1.54) is 17.7 Å². The Labute approximate surface area is 249 Å². The molecular weight excluding hydrogens is 598 g/mol. The highest BCUT2D eigenvalue weighted by molar-refractivity contribution is 7.88. The van der Waals surface area contributed by atoms with Gasteiger partial charge in [-0.1, -0.05) is 0 Å². The number of hydrogen-bond donors (Lipinski definition) is 2. The highest BCUT2D eigenvalue weighted by Crippen LogP contribution is 2.37. The van der Waals surface area contributed by atoms with Gasteiger partial charge in [-0.25, -0.2) is 22.7 Å². The molecule has 0 saturated carbocycles. The summed E-state index contributed by atoms with van der Waals surface area (Å²) in [5.74, 6) is 1.35. The van der Waals surface area contributed by atoms with Crippen molar-refractivity contribution in [1.29, 1.82) is 0 Å². The average molecular weight is 630 g/mol. The highest BCUT2D eigenvalue weighted by Gasteiger charge is 2.27. The van der Waals surface area contributed by atoms with Crippen LogP contribution >= 0.6 is 0 Å². The van der Waals surface area contributed by atoms with E-state index in [0.29, 0.717) is 65.5 Å². The second-order valence-electron chi connectivity index (χ2n) is 10.1. The molecule has 228 valence electrons. The second kappa shape index (κ2) is 12.3. The van der Waals surface area contributed by atoms with Crippen LogP contribution in [-0.4, -0.2) is 73.2 Å². The number of aromatic nitrogens is 3. The fourth-order valence-electron chi connectivity index (χ4n) is 4.73. The van der Waals surface area contributed by atoms with Crippen LogP contribution in [0, 0.1) is 6.92 Å². The normalized spacial score (nSPS) is 14.9. The van der Waals surface area contributed by atoms with Gasteiger partial charge in [-0.15, -0.1) is 0 Å². The standard InChI is InChI=1S/C28H31N5O8S2/c1-18-13-19(6-7-24(18)41-21-5-4-10-29-16-21)30-28-22-14-26(40-20-8-11-33(12-9-20)42(3,34)35)25(39-2)15-23(22)31-27(32-28)17-43(36,37)38/h4-7,10,13-16,20H,8-9,11-12,17H2,1-3H3,(H,30,31,32)(H,36,37,38). The Kier molecular flexibility index (Phi) is 8.69. The van der Waals surface area contributed by atoms with Crippen LogP contribution < -0.4 is 19.5 Å². The quantitative estimate of drug-likeness (QED) is 0.242. The summed E-state index contributed by atoms with van der Waals surface area (Å²) in [5.41, 5.74) is 1.82. The van der Waals surface area contributed by atoms with Crippen molar-refractivity contribution in [2.24, 2.45) is 0 Å². The molecule has 15 heteroatoms. The van der Waals surface area contributed by atoms with E-state index in [1.807, 2.05) is 13.0 Å². The van der Waals surface area contributed by atoms with Crippen molar-refractivity contribution in [2.75, 3.05) is 31.8 Å². The Morgan fingerprint density at radius 2 is 1.79 bits per heavy atom. The van der Waals surface area contributed by atoms with E-state index in [0.717, 1.165) is 5.56 Å². The molecule has 0 spiro atoms. The monoisotopic (exact) mass is 629 g/mol. The molecule has 13 nitrogen and oxygen atoms in total. The molecule has 4 aromatic rings. The van der Waals surface area contributed by atoms with Crippen LogP contribution in [0.4, 0.5) is 11.5 Å². The van der Waals surface area contributed by atoms with E-state index in [9.17, 15) is 21.4 Å². The van der Waals surface area contributed by atoms with Crippen molar-refractivity contribution in [3.05, 3.63) is 66.2 Å². The number of nitrogens with zero attached hydrogens (tertiary/aromatic N) is 4. The summed E-state index contributed by atoms with van der Waals surface area (Å²) in [6, 6.07) is 12.3. The zero-order chi connectivity index (χ0) is 30.8. The first kappa shape index (κ1) is 30.4. The first-order valence-corrected chi connectivity index (χ1v) is 16.7. The van der Waals surface area contributed by atoms with E-state index in [1.54, 1.807) is 48.8 Å². The maximum absolute atomic E-state index is 11.9. The summed E-state index contributed by atoms with van der Waals surface area (Å²) < 4.78 is 75.8. The first-order valence-electron chi connectivity index (χ1n) is 13.3. The molecule has 1 saturated heterocycles. The summed E-state index contributed by atoms with van der Waals surface area (Å²) in [7, 11) is -6.22. The molecule has 1 aliphatic heterocycles. The van der Waals surface area contributed by atoms with Gasteiger partial charge >= 0.3 is 0 Å². The van der Waals surface area contributed by atoms with Crippen molar-refractivity contribution in [2.45, 2.75) is 31.6 Å². The summed E-state index contributed by atoms with van der Waals surface area (Å²) in [5, 5.41) is 3.74. The number of fused-ring (bicyclic) bond motifs is 1. The summed E-state index contributed by atoms with van der Waals surface area (Å²) in [4.78, 5) is 12.8. The van der Waals surface area contributed by atoms with Crippen molar-refractivity contribution >= 4 is 42.5 Å². The third-order valence-electron chi connectivity index (χ3n) is 6.80. The van der Waals surface area contributed by atoms with Crippen LogP contribution in [0.2, 0.25) is 0 Å². The van der Waals surface area contributed by atoms with Gasteiger partial charge in [-0.3, -0.25) is 9.54 Å². The molecule has 0 aliphatic carbocycles. The minimum absolute atomic E-state index is 0.116. The Bertz CT molecular complexity index is 1850. The van der Waals surface area contributed by atoms with E-state index >= 15 is 0 Å². The van der Waals surface area contributed by atoms with Gasteiger partial charge in [-0.05, 0) is 61.7 Å². The molecule has 2 aromatic heterocycles. The summed E-state index contributed by atoms with van der Waals surface area (Å²) >= 11 is 0. The number of sulfonamides is 1. The fraction of sp³-hybridized carbons (Fsp3) is 0.321. The Morgan fingerprint density at radius 3 is 2.42 bits per heavy atom. The lowest BCUT2D eigenvalue weighted by molar-refractivity contribution is 0.131. The minimum atomic E-state index is -4.41. The Hall–Kier alpha value is -4.05. The smallest absolute Gasteiger partial charge is 0.272 e. The molecule has 2 N–H and O–H groups in total. The molecule has 5 rings (SSSR count). The van der Waals surface area contributed by atoms with Crippen molar-refractivity contribution in [3.63, 3.8) is 0 Å². The number of hydrogen-bond acceptors (Lipinski definition) is 11. The van der Waals surface area contributed by atoms with Crippen molar-refractivity contribution < 1.29 is 35.6 Å². The molecule has 0 bridgehead atoms. The largest absolute Gasteiger partial charge is 0.493 e. The number of nitrogens with one attached hydrogen (secondary N) is 1. The zero-order valence-electron chi connectivity index (χ0n) is 23.7. The molecule has 0 atom stereocenters. The molecule has 0 amide bonds. The van der Waals surface area contributed by atoms with Gasteiger partial charge in [0, 0.05) is 36.4 Å². The summed E-state index contributed by atoms with van der Waals surface area (Å²) in [6.45, 7) is 2.56. The van der Waals surface area contributed by atoms with Crippen LogP contribution in [0.25, 0.3) is 10.9 Å². The predicted molar refractivity (Wildman–Crippen MR) is 160 cm³/mol. The molecule has 43 heavy (non-hydrogen) atoms. The van der Waals surface area contributed by atoms with Gasteiger partial charge in [-0.2, -0.15) is 8.42 Å². The summed E-state index contributed by atoms with van der Waals surface area (Å²) in [6.07, 6.45) is 5.19. The molecule has 1 fully saturated rings. The van der Waals surface area contributed by atoms with Crippen molar-refractivity contribution in [3.8, 4) is 23.0 Å². The third-order valence-corrected chi connectivity index (χ3v) is 8.73. The molecule has 2 aromatic carbocycles. The molecule has 1 aliphatic rings. The number of methoxy groups -OCH3 is 1. The molecule has 0 radical (unpaired) electrons. The number of rotatable bonds is 10. The van der Waals surface area contributed by atoms with Gasteiger partial charge in [0.25, 0.3) is 10.1 Å². The number of anilines is 2. The van der Waals surface area contributed by atoms with Gasteiger partial charge in [0.15, 0.2) is 11.5 Å². The SMILES string of the molecule is COc1cc2nc(CS(=O)(=O)O)nc(Nc3ccc(Oc4cccnc4)c(C)c3)c2cc1OC1CCN(S(C)(=O)=O)CC1. The second-order valence-corrected chi connectivity index (χ2v) is 13.5. The van der Waals surface area contributed by atoms with Crippen LogP contribution in [0.1, 0.15) is 24.2 Å². The topological polar surface area (TPSA) is 170 Å². The average Bonchev–Trinajstić information content (AvgIpc) is 2.94. The van der Waals surface area contributed by atoms with Crippen LogP contribution in [-0.2, 0) is 25.9 Å². The van der Waals surface area contributed by atoms with Gasteiger partial charge in [0.2, 0.25) is 10.0 Å². The van der Waals surface area contributed by atoms with Gasteiger partial charge < -0.3 is 19.5 Å². The van der Waals surface area contributed by atoms with Crippen LogP contribution in [0.3, 0.4) is 0 Å². The Morgan fingerprint density at radius 1 is 1.02 bits per heavy atom. The van der Waals surface area contributed by atoms with E-state index in [-0.39, 0.29) is 17.7 Å². The number of piperidine rings is 1. The lowest BCUT2D eigenvalue weighted by atomic mass is 10.1. The zero-order valence-corrected chi connectivity index (χ0v) is 25.4. The number of aryl methyl sites for hydroxylation is 1. The van der Waals surface area contributed by atoms with Gasteiger partial charge in [0.05, 0.1) is 25.1 Å². The first-order chi connectivity index (χ1) is 20.4. The van der Waals surface area contributed by atoms with Crippen LogP contribution in [0.15, 0.2) is 54.9 Å². The fourth-order valence-corrected chi connectivity index (χ4v) is 6.06. The number of benzene rings is 2. The number of pyridine rings is 1. The molecule has 3 heterocycles. The lowest BCUT2D eigenvalue weighted by Crippen LogP contribution is -2.41. The van der Waals surface area contributed by atoms with E-state index in [4.69, 9.17) is 14.2 Å². The lowest BCUT2D eigenvalue weighted by Gasteiger charge is -2.30. The van der Waals surface area contributed by atoms with E-state index in [2.05, 4.69) is 20.3 Å². The van der Waals surface area contributed by atoms with Gasteiger partial charge in [0.1, 0.15) is 35.0 Å². The third kappa shape index (κ3) is 7.67. The van der Waals surface area contributed by atoms with Crippen molar-refractivity contribution in [1.82, 2.24) is 19.3 Å². The number of ether oxygens (including phenoxy) is 3.